The minimum absolute atomic E-state index is 0.130. The number of hydrogen-bond acceptors (Lipinski definition) is 6. The van der Waals surface area contributed by atoms with E-state index >= 15 is 0 Å². The van der Waals surface area contributed by atoms with Crippen molar-refractivity contribution in [2.24, 2.45) is 7.05 Å². The number of anilines is 2. The number of hydrogen-bond donors (Lipinski definition) is 2. The Balaban J connectivity index is 1.82. The molecule has 4 aromatic rings. The first kappa shape index (κ1) is 20.3. The quantitative estimate of drug-likeness (QED) is 0.467. The number of sulfone groups is 1. The number of para-hydroxylation sites is 1. The minimum atomic E-state index is -3.48. The molecule has 0 aliphatic carbocycles. The molecule has 0 bridgehead atoms. The largest absolute Gasteiger partial charge is 0.354 e. The van der Waals surface area contributed by atoms with Gasteiger partial charge in [0.25, 0.3) is 5.56 Å². The van der Waals surface area contributed by atoms with Gasteiger partial charge in [0.1, 0.15) is 5.39 Å². The Morgan fingerprint density at radius 2 is 1.94 bits per heavy atom. The first-order valence-electron chi connectivity index (χ1n) is 9.23. The predicted octanol–water partition coefficient (Wildman–Crippen LogP) is 2.95. The van der Waals surface area contributed by atoms with Crippen molar-refractivity contribution in [3.05, 3.63) is 81.8 Å². The molecule has 1 aromatic carbocycles. The Labute approximate surface area is 178 Å². The third-order valence-corrected chi connectivity index (χ3v) is 5.88. The van der Waals surface area contributed by atoms with E-state index in [4.69, 9.17) is 6.57 Å². The highest BCUT2D eigenvalue weighted by Crippen LogP contribution is 2.28. The van der Waals surface area contributed by atoms with E-state index in [9.17, 15) is 13.2 Å². The zero-order chi connectivity index (χ0) is 22.2. The van der Waals surface area contributed by atoms with Crippen LogP contribution in [-0.4, -0.2) is 34.4 Å². The molecule has 4 rings (SSSR count). The number of H-pyrrole nitrogens is 1. The second-order valence-electron chi connectivity index (χ2n) is 7.05. The Morgan fingerprint density at radius 3 is 2.61 bits per heavy atom. The third-order valence-electron chi connectivity index (χ3n) is 4.72. The number of pyridine rings is 2. The van der Waals surface area contributed by atoms with Crippen LogP contribution in [0, 0.1) is 6.57 Å². The van der Waals surface area contributed by atoms with Crippen molar-refractivity contribution in [2.75, 3.05) is 11.6 Å². The smallest absolute Gasteiger partial charge is 0.277 e. The van der Waals surface area contributed by atoms with Gasteiger partial charge in [0.2, 0.25) is 5.69 Å². The van der Waals surface area contributed by atoms with Crippen LogP contribution >= 0.6 is 0 Å². The second-order valence-corrected chi connectivity index (χ2v) is 9.03. The molecule has 0 aliphatic heterocycles. The van der Waals surface area contributed by atoms with Gasteiger partial charge >= 0.3 is 0 Å². The molecule has 0 fully saturated rings. The normalized spacial score (nSPS) is 11.4. The van der Waals surface area contributed by atoms with Crippen LogP contribution in [0.4, 0.5) is 17.1 Å². The van der Waals surface area contributed by atoms with Crippen molar-refractivity contribution in [1.82, 2.24) is 19.7 Å². The zero-order valence-corrected chi connectivity index (χ0v) is 17.6. The monoisotopic (exact) mass is 434 g/mol. The lowest BCUT2D eigenvalue weighted by Crippen LogP contribution is -2.12. The molecular weight excluding hydrogens is 416 g/mol. The van der Waals surface area contributed by atoms with E-state index in [0.717, 1.165) is 6.26 Å². The molecular formula is C21H18N6O3S. The molecule has 156 valence electrons. The first-order chi connectivity index (χ1) is 14.8. The molecule has 9 nitrogen and oxygen atoms in total. The maximum absolute atomic E-state index is 12.7. The Kier molecular flexibility index (Phi) is 5.04. The van der Waals surface area contributed by atoms with Gasteiger partial charge in [-0.05, 0) is 18.2 Å². The van der Waals surface area contributed by atoms with Gasteiger partial charge in [-0.25, -0.2) is 18.2 Å². The van der Waals surface area contributed by atoms with Crippen LogP contribution in [0.2, 0.25) is 0 Å². The lowest BCUT2D eigenvalue weighted by Gasteiger charge is -2.12. The van der Waals surface area contributed by atoms with Gasteiger partial charge in [-0.1, -0.05) is 24.3 Å². The number of aryl methyl sites for hydroxylation is 1. The van der Waals surface area contributed by atoms with E-state index in [1.165, 1.54) is 16.9 Å². The van der Waals surface area contributed by atoms with Crippen molar-refractivity contribution in [1.29, 1.82) is 0 Å². The van der Waals surface area contributed by atoms with Gasteiger partial charge in [-0.15, -0.1) is 0 Å². The summed E-state index contributed by atoms with van der Waals surface area (Å²) in [6.45, 7) is 7.03. The molecule has 0 spiro atoms. The van der Waals surface area contributed by atoms with Crippen LogP contribution < -0.4 is 10.9 Å². The van der Waals surface area contributed by atoms with Crippen LogP contribution in [0.25, 0.3) is 15.9 Å². The average Bonchev–Trinajstić information content (AvgIpc) is 3.02. The second kappa shape index (κ2) is 7.70. The molecule has 10 heteroatoms. The number of nitrogens with one attached hydrogen (secondary N) is 2. The summed E-state index contributed by atoms with van der Waals surface area (Å²) in [6.07, 6.45) is 3.00. The van der Waals surface area contributed by atoms with E-state index in [1.54, 1.807) is 43.4 Å². The Hall–Kier alpha value is -3.97. The molecule has 0 saturated carbocycles. The molecule has 0 aliphatic rings. The highest BCUT2D eigenvalue weighted by atomic mass is 32.2. The van der Waals surface area contributed by atoms with Gasteiger partial charge in [0, 0.05) is 31.6 Å². The molecule has 3 aromatic heterocycles. The van der Waals surface area contributed by atoms with Gasteiger partial charge in [-0.3, -0.25) is 19.6 Å². The van der Waals surface area contributed by atoms with Gasteiger partial charge in [0.15, 0.2) is 15.5 Å². The first-order valence-corrected chi connectivity index (χ1v) is 11.1. The molecule has 0 amide bonds. The van der Waals surface area contributed by atoms with Crippen molar-refractivity contribution >= 4 is 37.9 Å². The van der Waals surface area contributed by atoms with Crippen LogP contribution in [0.1, 0.15) is 11.4 Å². The molecule has 0 unspecified atom stereocenters. The summed E-state index contributed by atoms with van der Waals surface area (Å²) in [7, 11) is -1.89. The van der Waals surface area contributed by atoms with Crippen LogP contribution in [0.3, 0.4) is 0 Å². The summed E-state index contributed by atoms with van der Waals surface area (Å²) in [4.78, 5) is 24.9. The lowest BCUT2D eigenvalue weighted by atomic mass is 10.1. The maximum atomic E-state index is 12.7. The Bertz CT molecular complexity index is 1500. The van der Waals surface area contributed by atoms with E-state index < -0.39 is 9.84 Å². The predicted molar refractivity (Wildman–Crippen MR) is 117 cm³/mol. The highest BCUT2D eigenvalue weighted by Gasteiger charge is 2.17. The fourth-order valence-electron chi connectivity index (χ4n) is 3.27. The fourth-order valence-corrected chi connectivity index (χ4v) is 4.12. The topological polar surface area (TPSA) is 114 Å². The van der Waals surface area contributed by atoms with Crippen molar-refractivity contribution in [2.45, 2.75) is 11.3 Å². The minimum Gasteiger partial charge on any atom is -0.354 e. The van der Waals surface area contributed by atoms with E-state index in [0.29, 0.717) is 45.9 Å². The number of fused-ring (bicyclic) bond motifs is 1. The van der Waals surface area contributed by atoms with Crippen molar-refractivity contribution in [3.8, 4) is 0 Å². The Morgan fingerprint density at radius 1 is 1.16 bits per heavy atom. The van der Waals surface area contributed by atoms with E-state index in [1.807, 2.05) is 0 Å². The van der Waals surface area contributed by atoms with Gasteiger partial charge in [-0.2, -0.15) is 0 Å². The number of nitrogens with zero attached hydrogens (tertiary/aromatic N) is 4. The summed E-state index contributed by atoms with van der Waals surface area (Å²) >= 11 is 0. The number of aromatic nitrogens is 4. The van der Waals surface area contributed by atoms with Crippen molar-refractivity contribution in [3.63, 3.8) is 0 Å². The van der Waals surface area contributed by atoms with Gasteiger partial charge in [0.05, 0.1) is 28.5 Å². The lowest BCUT2D eigenvalue weighted by molar-refractivity contribution is 0.602. The van der Waals surface area contributed by atoms with Crippen LogP contribution in [0.5, 0.6) is 0 Å². The molecule has 0 radical (unpaired) electrons. The van der Waals surface area contributed by atoms with Gasteiger partial charge < -0.3 is 5.32 Å². The molecule has 0 saturated heterocycles. The maximum Gasteiger partial charge on any atom is 0.277 e. The molecule has 0 atom stereocenters. The SMILES string of the molecule is [C-]#[N+]c1ccc(Cc2cc(Nc3ccccc3S(C)(=O)=O)c3c(=O)n(C)[nH]c3n2)nc1. The highest BCUT2D eigenvalue weighted by molar-refractivity contribution is 7.90. The number of rotatable bonds is 5. The third kappa shape index (κ3) is 4.04. The van der Waals surface area contributed by atoms with Crippen LogP contribution in [-0.2, 0) is 23.3 Å². The van der Waals surface area contributed by atoms with Crippen molar-refractivity contribution < 1.29 is 8.42 Å². The summed E-state index contributed by atoms with van der Waals surface area (Å²) in [6, 6.07) is 11.6. The average molecular weight is 434 g/mol. The summed E-state index contributed by atoms with van der Waals surface area (Å²) < 4.78 is 25.7. The fraction of sp³-hybridized carbons (Fsp3) is 0.143. The molecule has 2 N–H and O–H groups in total. The number of benzene rings is 1. The van der Waals surface area contributed by atoms with Crippen LogP contribution in [0.15, 0.2) is 58.4 Å². The molecule has 31 heavy (non-hydrogen) atoms. The number of aromatic amines is 1. The zero-order valence-electron chi connectivity index (χ0n) is 16.7. The summed E-state index contributed by atoms with van der Waals surface area (Å²) in [5.41, 5.74) is 2.67. The summed E-state index contributed by atoms with van der Waals surface area (Å²) in [5, 5.41) is 6.35. The molecule has 3 heterocycles. The standard InChI is InChI=1S/C21H18N6O3S/c1-22-14-9-8-13(23-12-14)10-15-11-17(19-20(24-15)26-27(2)21(19)28)25-16-6-4-5-7-18(16)31(3,29)30/h4-9,11-12H,10H2,2-3H3,(H2,24,25,26). The van der Waals surface area contributed by atoms with E-state index in [-0.39, 0.29) is 10.5 Å². The summed E-state index contributed by atoms with van der Waals surface area (Å²) in [5.74, 6) is 0. The van der Waals surface area contributed by atoms with E-state index in [2.05, 4.69) is 25.2 Å².